The van der Waals surface area contributed by atoms with Crippen LogP contribution < -0.4 is 4.72 Å². The van der Waals surface area contributed by atoms with Gasteiger partial charge in [-0.1, -0.05) is 43.7 Å². The van der Waals surface area contributed by atoms with Crippen LogP contribution in [-0.4, -0.2) is 36.9 Å². The van der Waals surface area contributed by atoms with Crippen LogP contribution in [0.25, 0.3) is 0 Å². The third kappa shape index (κ3) is 4.76. The van der Waals surface area contributed by atoms with Crippen molar-refractivity contribution in [1.82, 2.24) is 9.03 Å². The fourth-order valence-corrected chi connectivity index (χ4v) is 4.32. The first-order valence-corrected chi connectivity index (χ1v) is 9.43. The minimum Gasteiger partial charge on any atom is -0.481 e. The first-order chi connectivity index (χ1) is 10.9. The fourth-order valence-electron chi connectivity index (χ4n) is 2.87. The van der Waals surface area contributed by atoms with Gasteiger partial charge in [0.2, 0.25) is 0 Å². The Kier molecular flexibility index (Phi) is 6.15. The molecule has 0 saturated carbocycles. The topological polar surface area (TPSA) is 86.7 Å². The number of carboxylic acids is 1. The zero-order chi connectivity index (χ0) is 16.9. The molecule has 0 aliphatic carbocycles. The molecule has 1 atom stereocenters. The van der Waals surface area contributed by atoms with Crippen LogP contribution in [-0.2, 0) is 15.0 Å². The van der Waals surface area contributed by atoms with Gasteiger partial charge in [0.15, 0.2) is 0 Å². The smallest absolute Gasteiger partial charge is 0.306 e. The zero-order valence-electron chi connectivity index (χ0n) is 13.3. The quantitative estimate of drug-likeness (QED) is 0.796. The second-order valence-corrected chi connectivity index (χ2v) is 7.59. The van der Waals surface area contributed by atoms with Gasteiger partial charge in [0, 0.05) is 19.1 Å². The lowest BCUT2D eigenvalue weighted by Crippen LogP contribution is -2.46. The second kappa shape index (κ2) is 7.90. The number of carboxylic acid groups (broad SMARTS) is 1. The van der Waals surface area contributed by atoms with Crippen molar-refractivity contribution in [1.29, 1.82) is 0 Å². The van der Waals surface area contributed by atoms with Crippen LogP contribution in [0.1, 0.15) is 44.2 Å². The number of hydrogen-bond acceptors (Lipinski definition) is 3. The summed E-state index contributed by atoms with van der Waals surface area (Å²) in [6, 6.07) is 9.26. The van der Waals surface area contributed by atoms with Gasteiger partial charge in [-0.15, -0.1) is 0 Å². The van der Waals surface area contributed by atoms with Gasteiger partial charge in [0.1, 0.15) is 0 Å². The molecular weight excluding hydrogens is 316 g/mol. The number of benzene rings is 1. The third-order valence-corrected chi connectivity index (χ3v) is 5.84. The van der Waals surface area contributed by atoms with Crippen molar-refractivity contribution in [2.75, 3.05) is 13.1 Å². The van der Waals surface area contributed by atoms with E-state index in [-0.39, 0.29) is 19.1 Å². The molecule has 1 unspecified atom stereocenters. The number of nitrogens with one attached hydrogen (secondary N) is 1. The van der Waals surface area contributed by atoms with E-state index in [0.29, 0.717) is 12.8 Å². The van der Waals surface area contributed by atoms with Gasteiger partial charge in [-0.3, -0.25) is 4.79 Å². The van der Waals surface area contributed by atoms with Crippen LogP contribution in [0, 0.1) is 5.92 Å². The third-order valence-electron chi connectivity index (χ3n) is 4.21. The molecule has 0 amide bonds. The summed E-state index contributed by atoms with van der Waals surface area (Å²) in [5.41, 5.74) is 0.943. The van der Waals surface area contributed by atoms with E-state index in [2.05, 4.69) is 4.72 Å². The molecule has 128 valence electrons. The first-order valence-electron chi connectivity index (χ1n) is 7.99. The van der Waals surface area contributed by atoms with Crippen LogP contribution in [0.5, 0.6) is 0 Å². The average Bonchev–Trinajstić information content (AvgIpc) is 2.55. The molecule has 1 saturated heterocycles. The fraction of sp³-hybridized carbons (Fsp3) is 0.562. The predicted octanol–water partition coefficient (Wildman–Crippen LogP) is 2.16. The van der Waals surface area contributed by atoms with E-state index in [1.807, 2.05) is 37.3 Å². The maximum atomic E-state index is 12.6. The van der Waals surface area contributed by atoms with Gasteiger partial charge in [-0.25, -0.2) is 0 Å². The summed E-state index contributed by atoms with van der Waals surface area (Å²) in [4.78, 5) is 11.0. The van der Waals surface area contributed by atoms with Crippen LogP contribution in [0.15, 0.2) is 30.3 Å². The summed E-state index contributed by atoms with van der Waals surface area (Å²) in [6.07, 6.45) is 2.30. The van der Waals surface area contributed by atoms with Crippen LogP contribution in [0.4, 0.5) is 0 Å². The molecule has 0 radical (unpaired) electrons. The van der Waals surface area contributed by atoms with E-state index >= 15 is 0 Å². The highest BCUT2D eigenvalue weighted by atomic mass is 32.2. The van der Waals surface area contributed by atoms with Crippen LogP contribution in [0.3, 0.4) is 0 Å². The van der Waals surface area contributed by atoms with Crippen molar-refractivity contribution < 1.29 is 18.3 Å². The summed E-state index contributed by atoms with van der Waals surface area (Å²) in [5, 5.41) is 9.01. The molecule has 2 N–H and O–H groups in total. The molecular formula is C16H24N2O4S. The minimum absolute atomic E-state index is 0.250. The van der Waals surface area contributed by atoms with Gasteiger partial charge in [0.05, 0.1) is 5.92 Å². The summed E-state index contributed by atoms with van der Waals surface area (Å²) in [6.45, 7) is 2.52. The van der Waals surface area contributed by atoms with Crippen molar-refractivity contribution in [3.8, 4) is 0 Å². The van der Waals surface area contributed by atoms with Crippen molar-refractivity contribution >= 4 is 16.2 Å². The van der Waals surface area contributed by atoms with Crippen LogP contribution in [0.2, 0.25) is 0 Å². The summed E-state index contributed by atoms with van der Waals surface area (Å²) < 4.78 is 29.3. The van der Waals surface area contributed by atoms with Crippen molar-refractivity contribution in [3.05, 3.63) is 35.9 Å². The SMILES string of the molecule is CCCC(NS(=O)(=O)N1CCC(C(=O)O)CC1)c1ccccc1. The van der Waals surface area contributed by atoms with E-state index in [0.717, 1.165) is 18.4 Å². The molecule has 1 aliphatic rings. The first kappa shape index (κ1) is 17.9. The van der Waals surface area contributed by atoms with E-state index < -0.39 is 22.1 Å². The highest BCUT2D eigenvalue weighted by Gasteiger charge is 2.32. The predicted molar refractivity (Wildman–Crippen MR) is 88.1 cm³/mol. The Bertz CT molecular complexity index is 610. The molecule has 6 nitrogen and oxygen atoms in total. The highest BCUT2D eigenvalue weighted by molar-refractivity contribution is 7.87. The van der Waals surface area contributed by atoms with Gasteiger partial charge in [0.25, 0.3) is 10.2 Å². The number of piperidine rings is 1. The van der Waals surface area contributed by atoms with Gasteiger partial charge in [-0.2, -0.15) is 17.4 Å². The van der Waals surface area contributed by atoms with Gasteiger partial charge >= 0.3 is 5.97 Å². The Balaban J connectivity index is 2.05. The Labute approximate surface area is 137 Å². The van der Waals surface area contributed by atoms with Gasteiger partial charge < -0.3 is 5.11 Å². The Morgan fingerprint density at radius 2 is 1.91 bits per heavy atom. The summed E-state index contributed by atoms with van der Waals surface area (Å²) in [7, 11) is -3.61. The number of carbonyl (C=O) groups is 1. The normalized spacial score (nSPS) is 18.7. The number of aliphatic carboxylic acids is 1. The lowest BCUT2D eigenvalue weighted by molar-refractivity contribution is -0.142. The standard InChI is InChI=1S/C16H24N2O4S/c1-2-6-15(13-7-4-3-5-8-13)17-23(21,22)18-11-9-14(10-12-18)16(19)20/h3-5,7-8,14-15,17H,2,6,9-12H2,1H3,(H,19,20). The highest BCUT2D eigenvalue weighted by Crippen LogP contribution is 2.23. The molecule has 0 aromatic heterocycles. The molecule has 7 heteroatoms. The molecule has 0 bridgehead atoms. The summed E-state index contributed by atoms with van der Waals surface area (Å²) in [5.74, 6) is -1.29. The number of rotatable bonds is 7. The molecule has 1 aromatic carbocycles. The van der Waals surface area contributed by atoms with E-state index in [4.69, 9.17) is 5.11 Å². The van der Waals surface area contributed by atoms with E-state index in [9.17, 15) is 13.2 Å². The summed E-state index contributed by atoms with van der Waals surface area (Å²) >= 11 is 0. The monoisotopic (exact) mass is 340 g/mol. The molecule has 2 rings (SSSR count). The largest absolute Gasteiger partial charge is 0.481 e. The Morgan fingerprint density at radius 1 is 1.30 bits per heavy atom. The molecule has 0 spiro atoms. The molecule has 1 aromatic rings. The average molecular weight is 340 g/mol. The molecule has 23 heavy (non-hydrogen) atoms. The molecule has 1 aliphatic heterocycles. The number of nitrogens with zero attached hydrogens (tertiary/aromatic N) is 1. The Morgan fingerprint density at radius 3 is 2.43 bits per heavy atom. The maximum absolute atomic E-state index is 12.6. The van der Waals surface area contributed by atoms with Crippen molar-refractivity contribution in [3.63, 3.8) is 0 Å². The van der Waals surface area contributed by atoms with Crippen LogP contribution >= 0.6 is 0 Å². The zero-order valence-corrected chi connectivity index (χ0v) is 14.1. The lowest BCUT2D eigenvalue weighted by Gasteiger charge is -2.31. The molecule has 1 heterocycles. The lowest BCUT2D eigenvalue weighted by atomic mass is 9.99. The van der Waals surface area contributed by atoms with Crippen molar-refractivity contribution in [2.24, 2.45) is 5.92 Å². The Hall–Kier alpha value is -1.44. The number of hydrogen-bond donors (Lipinski definition) is 2. The second-order valence-electron chi connectivity index (χ2n) is 5.89. The molecule has 1 fully saturated rings. The maximum Gasteiger partial charge on any atom is 0.306 e. The minimum atomic E-state index is -3.61. The van der Waals surface area contributed by atoms with E-state index in [1.54, 1.807) is 0 Å². The van der Waals surface area contributed by atoms with Crippen molar-refractivity contribution in [2.45, 2.75) is 38.6 Å². The van der Waals surface area contributed by atoms with Gasteiger partial charge in [-0.05, 0) is 24.8 Å². The van der Waals surface area contributed by atoms with E-state index in [1.165, 1.54) is 4.31 Å².